The molecule has 1 saturated heterocycles. The molecule has 0 aromatic heterocycles. The van der Waals surface area contributed by atoms with Gasteiger partial charge < -0.3 is 10.2 Å². The molecular formula is C13H25ClN2O. The number of hydrogen-bond acceptors (Lipinski definition) is 2. The molecule has 17 heavy (non-hydrogen) atoms. The number of likely N-dealkylation sites (tertiary alicyclic amines) is 1. The summed E-state index contributed by atoms with van der Waals surface area (Å²) in [7, 11) is 0. The molecule has 2 fully saturated rings. The van der Waals surface area contributed by atoms with Crippen molar-refractivity contribution in [2.45, 2.75) is 70.5 Å². The van der Waals surface area contributed by atoms with Crippen molar-refractivity contribution in [3.63, 3.8) is 0 Å². The molecule has 0 spiro atoms. The Bertz CT molecular complexity index is 269. The first-order valence-electron chi connectivity index (χ1n) is 6.53. The third-order valence-electron chi connectivity index (χ3n) is 3.76. The molecule has 1 amide bonds. The smallest absolute Gasteiger partial charge is 0.224 e. The highest BCUT2D eigenvalue weighted by atomic mass is 35.5. The summed E-state index contributed by atoms with van der Waals surface area (Å²) < 4.78 is 0. The standard InChI is InChI=1S/C13H24N2O.ClH/c1-13(2,3)15-9-11(8-12(15)16)14-10-6-4-5-7-10;/h10-11,14H,4-9H2,1-3H3;1H. The van der Waals surface area contributed by atoms with Crippen LogP contribution in [0.4, 0.5) is 0 Å². The minimum Gasteiger partial charge on any atom is -0.336 e. The lowest BCUT2D eigenvalue weighted by molar-refractivity contribution is -0.131. The van der Waals surface area contributed by atoms with E-state index >= 15 is 0 Å². The van der Waals surface area contributed by atoms with Crippen LogP contribution in [0.2, 0.25) is 0 Å². The Morgan fingerprint density at radius 3 is 2.24 bits per heavy atom. The van der Waals surface area contributed by atoms with Crippen LogP contribution in [-0.2, 0) is 4.79 Å². The highest BCUT2D eigenvalue weighted by Gasteiger charge is 2.36. The molecular weight excluding hydrogens is 236 g/mol. The van der Waals surface area contributed by atoms with Crippen molar-refractivity contribution in [2.75, 3.05) is 6.54 Å². The maximum atomic E-state index is 11.9. The number of nitrogens with one attached hydrogen (secondary N) is 1. The molecule has 1 aliphatic heterocycles. The number of halogens is 1. The second-order valence-electron chi connectivity index (χ2n) is 6.22. The first kappa shape index (κ1) is 14.8. The van der Waals surface area contributed by atoms with Crippen molar-refractivity contribution in [2.24, 2.45) is 0 Å². The summed E-state index contributed by atoms with van der Waals surface area (Å²) in [6.45, 7) is 7.23. The van der Waals surface area contributed by atoms with Gasteiger partial charge in [-0.1, -0.05) is 12.8 Å². The fraction of sp³-hybridized carbons (Fsp3) is 0.923. The minimum absolute atomic E-state index is 0. The summed E-state index contributed by atoms with van der Waals surface area (Å²) in [5, 5.41) is 3.65. The van der Waals surface area contributed by atoms with Gasteiger partial charge in [-0.15, -0.1) is 12.4 Å². The quantitative estimate of drug-likeness (QED) is 0.827. The van der Waals surface area contributed by atoms with Crippen molar-refractivity contribution >= 4 is 18.3 Å². The van der Waals surface area contributed by atoms with E-state index in [2.05, 4.69) is 26.1 Å². The van der Waals surface area contributed by atoms with Gasteiger partial charge in [-0.05, 0) is 33.6 Å². The lowest BCUT2D eigenvalue weighted by Gasteiger charge is -2.32. The molecule has 2 rings (SSSR count). The zero-order valence-electron chi connectivity index (χ0n) is 11.2. The number of rotatable bonds is 2. The summed E-state index contributed by atoms with van der Waals surface area (Å²) >= 11 is 0. The molecule has 1 aliphatic carbocycles. The Morgan fingerprint density at radius 1 is 1.18 bits per heavy atom. The molecule has 0 aromatic rings. The van der Waals surface area contributed by atoms with Gasteiger partial charge in [0.15, 0.2) is 0 Å². The molecule has 1 N–H and O–H groups in total. The van der Waals surface area contributed by atoms with Crippen LogP contribution >= 0.6 is 12.4 Å². The Balaban J connectivity index is 0.00000144. The lowest BCUT2D eigenvalue weighted by atomic mass is 10.1. The predicted molar refractivity (Wildman–Crippen MR) is 72.5 cm³/mol. The van der Waals surface area contributed by atoms with E-state index in [0.29, 0.717) is 24.4 Å². The zero-order chi connectivity index (χ0) is 11.8. The van der Waals surface area contributed by atoms with E-state index < -0.39 is 0 Å². The molecule has 100 valence electrons. The van der Waals surface area contributed by atoms with Crippen molar-refractivity contribution in [3.8, 4) is 0 Å². The van der Waals surface area contributed by atoms with E-state index in [1.165, 1.54) is 25.7 Å². The molecule has 3 nitrogen and oxygen atoms in total. The van der Waals surface area contributed by atoms with Gasteiger partial charge in [0.2, 0.25) is 5.91 Å². The van der Waals surface area contributed by atoms with E-state index in [-0.39, 0.29) is 17.9 Å². The predicted octanol–water partition coefficient (Wildman–Crippen LogP) is 2.34. The van der Waals surface area contributed by atoms with Crippen LogP contribution in [0.1, 0.15) is 52.9 Å². The van der Waals surface area contributed by atoms with Gasteiger partial charge in [0.1, 0.15) is 0 Å². The molecule has 1 heterocycles. The Morgan fingerprint density at radius 2 is 1.76 bits per heavy atom. The summed E-state index contributed by atoms with van der Waals surface area (Å²) in [6, 6.07) is 1.05. The molecule has 1 unspecified atom stereocenters. The van der Waals surface area contributed by atoms with E-state index in [1.807, 2.05) is 4.90 Å². The number of amides is 1. The largest absolute Gasteiger partial charge is 0.336 e. The molecule has 0 aromatic carbocycles. The molecule has 0 radical (unpaired) electrons. The van der Waals surface area contributed by atoms with E-state index in [9.17, 15) is 4.79 Å². The van der Waals surface area contributed by atoms with Crippen LogP contribution in [-0.4, -0.2) is 35.0 Å². The third kappa shape index (κ3) is 3.59. The van der Waals surface area contributed by atoms with Crippen LogP contribution in [0.3, 0.4) is 0 Å². The Labute approximate surface area is 111 Å². The molecule has 1 atom stereocenters. The van der Waals surface area contributed by atoms with Crippen LogP contribution in [0, 0.1) is 0 Å². The fourth-order valence-corrected chi connectivity index (χ4v) is 2.89. The summed E-state index contributed by atoms with van der Waals surface area (Å²) in [5.41, 5.74) is -0.0246. The number of carbonyl (C=O) groups excluding carboxylic acids is 1. The average Bonchev–Trinajstić information content (AvgIpc) is 2.74. The van der Waals surface area contributed by atoms with Gasteiger partial charge in [0, 0.05) is 30.6 Å². The van der Waals surface area contributed by atoms with Crippen LogP contribution in [0.5, 0.6) is 0 Å². The van der Waals surface area contributed by atoms with Gasteiger partial charge in [-0.3, -0.25) is 4.79 Å². The summed E-state index contributed by atoms with van der Waals surface area (Å²) in [4.78, 5) is 13.9. The average molecular weight is 261 g/mol. The Kier molecular flexibility index (Phi) is 4.85. The molecule has 0 bridgehead atoms. The Hall–Kier alpha value is -0.280. The van der Waals surface area contributed by atoms with Gasteiger partial charge in [-0.25, -0.2) is 0 Å². The van der Waals surface area contributed by atoms with Crippen molar-refractivity contribution in [1.82, 2.24) is 10.2 Å². The highest BCUT2D eigenvalue weighted by Crippen LogP contribution is 2.24. The number of nitrogens with zero attached hydrogens (tertiary/aromatic N) is 1. The topological polar surface area (TPSA) is 32.3 Å². The van der Waals surface area contributed by atoms with Crippen LogP contribution in [0.15, 0.2) is 0 Å². The van der Waals surface area contributed by atoms with Gasteiger partial charge >= 0.3 is 0 Å². The van der Waals surface area contributed by atoms with E-state index in [0.717, 1.165) is 6.54 Å². The van der Waals surface area contributed by atoms with Gasteiger partial charge in [0.05, 0.1) is 0 Å². The normalized spacial score (nSPS) is 26.4. The first-order valence-corrected chi connectivity index (χ1v) is 6.53. The van der Waals surface area contributed by atoms with Gasteiger partial charge in [0.25, 0.3) is 0 Å². The molecule has 1 saturated carbocycles. The zero-order valence-corrected chi connectivity index (χ0v) is 12.0. The molecule has 2 aliphatic rings. The van der Waals surface area contributed by atoms with Gasteiger partial charge in [-0.2, -0.15) is 0 Å². The highest BCUT2D eigenvalue weighted by molar-refractivity contribution is 5.85. The minimum atomic E-state index is -0.0246. The van der Waals surface area contributed by atoms with E-state index in [4.69, 9.17) is 0 Å². The second kappa shape index (κ2) is 5.57. The first-order chi connectivity index (χ1) is 7.47. The second-order valence-corrected chi connectivity index (χ2v) is 6.22. The number of hydrogen-bond donors (Lipinski definition) is 1. The molecule has 4 heteroatoms. The SMILES string of the molecule is CC(C)(C)N1CC(NC2CCCC2)CC1=O.Cl. The van der Waals surface area contributed by atoms with Crippen molar-refractivity contribution in [1.29, 1.82) is 0 Å². The van der Waals surface area contributed by atoms with Crippen LogP contribution < -0.4 is 5.32 Å². The van der Waals surface area contributed by atoms with Crippen molar-refractivity contribution in [3.05, 3.63) is 0 Å². The fourth-order valence-electron chi connectivity index (χ4n) is 2.89. The monoisotopic (exact) mass is 260 g/mol. The third-order valence-corrected chi connectivity index (χ3v) is 3.76. The lowest BCUT2D eigenvalue weighted by Crippen LogP contribution is -2.45. The van der Waals surface area contributed by atoms with Crippen LogP contribution in [0.25, 0.3) is 0 Å². The van der Waals surface area contributed by atoms with Crippen molar-refractivity contribution < 1.29 is 4.79 Å². The summed E-state index contributed by atoms with van der Waals surface area (Å²) in [5.74, 6) is 0.308. The van der Waals surface area contributed by atoms with E-state index in [1.54, 1.807) is 0 Å². The number of carbonyl (C=O) groups is 1. The summed E-state index contributed by atoms with van der Waals surface area (Å²) in [6.07, 6.45) is 5.97. The maximum absolute atomic E-state index is 11.9. The maximum Gasteiger partial charge on any atom is 0.224 e.